The van der Waals surface area contributed by atoms with Crippen LogP contribution in [0.25, 0.3) is 0 Å². The highest BCUT2D eigenvalue weighted by atomic mass is 35.5. The molecule has 11 heteroatoms. The number of nitrogens with one attached hydrogen (secondary N) is 3. The van der Waals surface area contributed by atoms with Crippen molar-refractivity contribution in [2.24, 2.45) is 0 Å². The topological polar surface area (TPSA) is 104 Å². The molecule has 1 aromatic heterocycles. The quantitative estimate of drug-likeness (QED) is 0.349. The van der Waals surface area contributed by atoms with E-state index in [1.165, 1.54) is 12.3 Å². The number of methoxy groups -OCH3 is 2. The minimum atomic E-state index is -0.321. The number of nitrogens with zero attached hydrogens (tertiary/aromatic N) is 4. The summed E-state index contributed by atoms with van der Waals surface area (Å²) in [5.74, 6) is 1.59. The predicted molar refractivity (Wildman–Crippen MR) is 148 cm³/mol. The fourth-order valence-corrected chi connectivity index (χ4v) is 4.02. The zero-order valence-corrected chi connectivity index (χ0v) is 21.8. The van der Waals surface area contributed by atoms with E-state index in [0.29, 0.717) is 33.7 Å². The zero-order valence-electron chi connectivity index (χ0n) is 21.0. The minimum Gasteiger partial charge on any atom is -0.495 e. The molecule has 1 amide bonds. The average molecular weight is 524 g/mol. The van der Waals surface area contributed by atoms with Crippen LogP contribution in [0.5, 0.6) is 11.5 Å². The summed E-state index contributed by atoms with van der Waals surface area (Å²) in [6, 6.07) is 11.2. The first kappa shape index (κ1) is 26.1. The molecule has 0 unspecified atom stereocenters. The second kappa shape index (κ2) is 11.8. The maximum atomic E-state index is 11.7. The summed E-state index contributed by atoms with van der Waals surface area (Å²) in [6.07, 6.45) is 2.70. The van der Waals surface area contributed by atoms with Crippen LogP contribution in [0.15, 0.2) is 55.3 Å². The third-order valence-electron chi connectivity index (χ3n) is 5.95. The Kier molecular flexibility index (Phi) is 8.32. The Morgan fingerprint density at radius 2 is 1.78 bits per heavy atom. The van der Waals surface area contributed by atoms with Crippen molar-refractivity contribution >= 4 is 52.0 Å². The number of hydrogen-bond acceptors (Lipinski definition) is 9. The molecule has 3 aromatic rings. The fraction of sp³-hybridized carbons (Fsp3) is 0.269. The van der Waals surface area contributed by atoms with E-state index in [4.69, 9.17) is 21.1 Å². The SMILES string of the molecule is C=CC(=O)Nc1ccc(OC)c(Nc2ncc(Cl)c(Nc3ccc(N4CCN(C)CC4)cc3OC)n2)c1. The number of carbonyl (C=O) groups excluding carboxylic acids is 1. The highest BCUT2D eigenvalue weighted by molar-refractivity contribution is 6.33. The highest BCUT2D eigenvalue weighted by Crippen LogP contribution is 2.35. The Morgan fingerprint density at radius 1 is 1.03 bits per heavy atom. The molecule has 0 atom stereocenters. The number of piperazine rings is 1. The second-order valence-corrected chi connectivity index (χ2v) is 8.83. The van der Waals surface area contributed by atoms with Crippen LogP contribution in [0.4, 0.5) is 34.5 Å². The van der Waals surface area contributed by atoms with Gasteiger partial charge in [0, 0.05) is 43.6 Å². The van der Waals surface area contributed by atoms with Gasteiger partial charge in [-0.15, -0.1) is 0 Å². The van der Waals surface area contributed by atoms with Crippen LogP contribution in [0.3, 0.4) is 0 Å². The third kappa shape index (κ3) is 6.41. The lowest BCUT2D eigenvalue weighted by atomic mass is 10.2. The minimum absolute atomic E-state index is 0.283. The highest BCUT2D eigenvalue weighted by Gasteiger charge is 2.17. The molecule has 4 rings (SSSR count). The van der Waals surface area contributed by atoms with Crippen molar-refractivity contribution in [3.8, 4) is 11.5 Å². The predicted octanol–water partition coefficient (Wildman–Crippen LogP) is 4.51. The molecular weight excluding hydrogens is 494 g/mol. The van der Waals surface area contributed by atoms with Gasteiger partial charge in [0.2, 0.25) is 11.9 Å². The number of anilines is 6. The third-order valence-corrected chi connectivity index (χ3v) is 6.23. The number of ether oxygens (including phenoxy) is 2. The van der Waals surface area contributed by atoms with Crippen LogP contribution in [0.1, 0.15) is 0 Å². The summed E-state index contributed by atoms with van der Waals surface area (Å²) in [5.41, 5.74) is 2.94. The van der Waals surface area contributed by atoms with Gasteiger partial charge in [-0.05, 0) is 43.5 Å². The zero-order chi connectivity index (χ0) is 26.4. The van der Waals surface area contributed by atoms with Gasteiger partial charge in [-0.2, -0.15) is 4.98 Å². The van der Waals surface area contributed by atoms with E-state index in [1.807, 2.05) is 12.1 Å². The van der Waals surface area contributed by atoms with Gasteiger partial charge in [-0.25, -0.2) is 4.98 Å². The van der Waals surface area contributed by atoms with Gasteiger partial charge < -0.3 is 35.2 Å². The molecule has 37 heavy (non-hydrogen) atoms. The van der Waals surface area contributed by atoms with Crippen molar-refractivity contribution in [2.75, 3.05) is 68.3 Å². The van der Waals surface area contributed by atoms with E-state index >= 15 is 0 Å². The van der Waals surface area contributed by atoms with Crippen molar-refractivity contribution in [3.63, 3.8) is 0 Å². The Bertz CT molecular complexity index is 1280. The van der Waals surface area contributed by atoms with E-state index in [2.05, 4.69) is 55.4 Å². The molecule has 2 heterocycles. The summed E-state index contributed by atoms with van der Waals surface area (Å²) in [6.45, 7) is 7.42. The lowest BCUT2D eigenvalue weighted by Gasteiger charge is -2.34. The molecule has 10 nitrogen and oxygen atoms in total. The van der Waals surface area contributed by atoms with Gasteiger partial charge in [0.25, 0.3) is 0 Å². The first-order valence-electron chi connectivity index (χ1n) is 11.7. The first-order chi connectivity index (χ1) is 17.9. The summed E-state index contributed by atoms with van der Waals surface area (Å²) in [7, 11) is 5.32. The maximum absolute atomic E-state index is 11.7. The van der Waals surface area contributed by atoms with E-state index in [0.717, 1.165) is 37.6 Å². The van der Waals surface area contributed by atoms with Crippen molar-refractivity contribution < 1.29 is 14.3 Å². The molecule has 0 aliphatic carbocycles. The number of carbonyl (C=O) groups is 1. The van der Waals surface area contributed by atoms with Crippen LogP contribution >= 0.6 is 11.6 Å². The molecule has 3 N–H and O–H groups in total. The molecular formula is C26H30ClN7O3. The van der Waals surface area contributed by atoms with Gasteiger partial charge in [0.05, 0.1) is 31.8 Å². The molecule has 1 fully saturated rings. The molecule has 2 aromatic carbocycles. The van der Waals surface area contributed by atoms with Crippen LogP contribution in [0, 0.1) is 0 Å². The summed E-state index contributed by atoms with van der Waals surface area (Å²) in [5, 5.41) is 9.44. The number of benzene rings is 2. The van der Waals surface area contributed by atoms with Gasteiger partial charge >= 0.3 is 0 Å². The molecule has 0 spiro atoms. The van der Waals surface area contributed by atoms with Crippen LogP contribution in [0.2, 0.25) is 5.02 Å². The van der Waals surface area contributed by atoms with Crippen LogP contribution in [-0.2, 0) is 4.79 Å². The number of amides is 1. The van der Waals surface area contributed by atoms with E-state index in [1.54, 1.807) is 32.4 Å². The molecule has 1 saturated heterocycles. The molecule has 1 aliphatic heterocycles. The van der Waals surface area contributed by atoms with Gasteiger partial charge in [-0.3, -0.25) is 4.79 Å². The van der Waals surface area contributed by atoms with Crippen LogP contribution in [-0.4, -0.2) is 68.2 Å². The molecule has 0 bridgehead atoms. The summed E-state index contributed by atoms with van der Waals surface area (Å²) >= 11 is 6.42. The van der Waals surface area contributed by atoms with Crippen molar-refractivity contribution in [2.45, 2.75) is 0 Å². The number of hydrogen-bond donors (Lipinski definition) is 3. The Hall–Kier alpha value is -4.02. The number of rotatable bonds is 9. The van der Waals surface area contributed by atoms with E-state index in [9.17, 15) is 4.79 Å². The summed E-state index contributed by atoms with van der Waals surface area (Å²) < 4.78 is 11.1. The summed E-state index contributed by atoms with van der Waals surface area (Å²) in [4.78, 5) is 25.2. The molecule has 0 radical (unpaired) electrons. The number of aromatic nitrogens is 2. The first-order valence-corrected chi connectivity index (χ1v) is 12.1. The van der Waals surface area contributed by atoms with E-state index in [-0.39, 0.29) is 11.9 Å². The standard InChI is InChI=1S/C26H30ClN7O3/c1-5-24(35)29-17-6-9-22(36-3)21(14-17)31-26-28-16-19(27)25(32-26)30-20-8-7-18(15-23(20)37-4)34-12-10-33(2)11-13-34/h5-9,14-16H,1,10-13H2,2-4H3,(H,29,35)(H2,28,30,31,32). The largest absolute Gasteiger partial charge is 0.495 e. The van der Waals surface area contributed by atoms with Gasteiger partial charge in [0.15, 0.2) is 5.82 Å². The second-order valence-electron chi connectivity index (χ2n) is 8.42. The molecule has 0 saturated carbocycles. The van der Waals surface area contributed by atoms with Crippen molar-refractivity contribution in [1.29, 1.82) is 0 Å². The lowest BCUT2D eigenvalue weighted by Crippen LogP contribution is -2.44. The fourth-order valence-electron chi connectivity index (χ4n) is 3.88. The van der Waals surface area contributed by atoms with Crippen molar-refractivity contribution in [1.82, 2.24) is 14.9 Å². The molecule has 1 aliphatic rings. The van der Waals surface area contributed by atoms with Crippen molar-refractivity contribution in [3.05, 3.63) is 60.3 Å². The molecule has 194 valence electrons. The lowest BCUT2D eigenvalue weighted by molar-refractivity contribution is -0.111. The normalized spacial score (nSPS) is 13.6. The van der Waals surface area contributed by atoms with Crippen LogP contribution < -0.4 is 30.3 Å². The number of halogens is 1. The Morgan fingerprint density at radius 3 is 2.49 bits per heavy atom. The Labute approximate surface area is 221 Å². The van der Waals surface area contributed by atoms with Gasteiger partial charge in [0.1, 0.15) is 16.5 Å². The Balaban J connectivity index is 1.55. The smallest absolute Gasteiger partial charge is 0.247 e. The average Bonchev–Trinajstić information content (AvgIpc) is 2.91. The van der Waals surface area contributed by atoms with Gasteiger partial charge in [-0.1, -0.05) is 18.2 Å². The monoisotopic (exact) mass is 523 g/mol. The van der Waals surface area contributed by atoms with E-state index < -0.39 is 0 Å². The maximum Gasteiger partial charge on any atom is 0.247 e. The number of likely N-dealkylation sites (N-methyl/N-ethyl adjacent to an activating group) is 1.